The molecule has 0 bridgehead atoms. The molecule has 2 rings (SSSR count). The highest BCUT2D eigenvalue weighted by atomic mass is 35.5. The number of hydrogen-bond donors (Lipinski definition) is 2. The van der Waals surface area contributed by atoms with Gasteiger partial charge in [0, 0.05) is 17.8 Å². The Balaban J connectivity index is 0.00000312. The maximum Gasteiger partial charge on any atom is 0.255 e. The molecule has 2 N–H and O–H groups in total. The third kappa shape index (κ3) is 5.66. The van der Waals surface area contributed by atoms with Crippen molar-refractivity contribution in [1.82, 2.24) is 5.32 Å². The van der Waals surface area contributed by atoms with Gasteiger partial charge in [-0.15, -0.1) is 12.4 Å². The van der Waals surface area contributed by atoms with E-state index < -0.39 is 0 Å². The van der Waals surface area contributed by atoms with E-state index in [1.54, 1.807) is 18.2 Å². The predicted molar refractivity (Wildman–Crippen MR) is 103 cm³/mol. The average Bonchev–Trinajstić information content (AvgIpc) is 2.59. The molecule has 0 aliphatic heterocycles. The molecule has 2 aromatic carbocycles. The van der Waals surface area contributed by atoms with Crippen molar-refractivity contribution >= 4 is 24.0 Å². The maximum absolute atomic E-state index is 12.6. The van der Waals surface area contributed by atoms with Gasteiger partial charge in [0.1, 0.15) is 0 Å². The third-order valence-corrected chi connectivity index (χ3v) is 3.44. The van der Waals surface area contributed by atoms with Crippen LogP contribution in [0.15, 0.2) is 42.5 Å². The molecule has 0 spiro atoms. The van der Waals surface area contributed by atoms with Crippen LogP contribution in [-0.2, 0) is 6.54 Å². The lowest BCUT2D eigenvalue weighted by Gasteiger charge is -2.14. The topological polar surface area (TPSA) is 59.6 Å². The minimum absolute atomic E-state index is 0. The first kappa shape index (κ1) is 20.8. The van der Waals surface area contributed by atoms with Crippen molar-refractivity contribution in [3.05, 3.63) is 53.6 Å². The van der Waals surface area contributed by atoms with Crippen molar-refractivity contribution < 1.29 is 14.3 Å². The Labute approximate surface area is 155 Å². The standard InChI is InChI=1S/C19H24N2O3.ClH/c1-4-23-17-11-10-14(12-18(17)24-5-2)19(22)21-16-9-7-6-8-15(16)13-20-3;/h6-12,20H,4-5,13H2,1-3H3,(H,21,22);1H. The molecular weight excluding hydrogens is 340 g/mol. The number of anilines is 1. The van der Waals surface area contributed by atoms with Gasteiger partial charge >= 0.3 is 0 Å². The molecule has 0 aromatic heterocycles. The van der Waals surface area contributed by atoms with Crippen molar-refractivity contribution in [3.8, 4) is 11.5 Å². The molecule has 136 valence electrons. The van der Waals surface area contributed by atoms with Crippen molar-refractivity contribution in [2.24, 2.45) is 0 Å². The zero-order chi connectivity index (χ0) is 17.4. The minimum Gasteiger partial charge on any atom is -0.490 e. The van der Waals surface area contributed by atoms with E-state index >= 15 is 0 Å². The van der Waals surface area contributed by atoms with Gasteiger partial charge < -0.3 is 20.1 Å². The molecule has 1 amide bonds. The van der Waals surface area contributed by atoms with Gasteiger partial charge in [0.2, 0.25) is 0 Å². The second kappa shape index (κ2) is 10.6. The lowest BCUT2D eigenvalue weighted by Crippen LogP contribution is -2.15. The number of para-hydroxylation sites is 1. The van der Waals surface area contributed by atoms with Crippen LogP contribution in [0, 0.1) is 0 Å². The lowest BCUT2D eigenvalue weighted by molar-refractivity contribution is 0.102. The minimum atomic E-state index is -0.178. The summed E-state index contributed by atoms with van der Waals surface area (Å²) in [5.41, 5.74) is 2.36. The summed E-state index contributed by atoms with van der Waals surface area (Å²) in [5.74, 6) is 1.05. The van der Waals surface area contributed by atoms with Crippen LogP contribution in [0.5, 0.6) is 11.5 Å². The van der Waals surface area contributed by atoms with Gasteiger partial charge in [-0.25, -0.2) is 0 Å². The van der Waals surface area contributed by atoms with Crippen LogP contribution in [0.25, 0.3) is 0 Å². The summed E-state index contributed by atoms with van der Waals surface area (Å²) in [7, 11) is 1.87. The van der Waals surface area contributed by atoms with E-state index in [0.29, 0.717) is 36.8 Å². The van der Waals surface area contributed by atoms with E-state index in [1.165, 1.54) is 0 Å². The van der Waals surface area contributed by atoms with Gasteiger partial charge in [-0.1, -0.05) is 18.2 Å². The molecule has 0 fully saturated rings. The zero-order valence-corrected chi connectivity index (χ0v) is 15.6. The Morgan fingerprint density at radius 1 is 1.00 bits per heavy atom. The molecule has 5 nitrogen and oxygen atoms in total. The highest BCUT2D eigenvalue weighted by Gasteiger charge is 2.13. The summed E-state index contributed by atoms with van der Waals surface area (Å²) in [6.45, 7) is 5.55. The smallest absolute Gasteiger partial charge is 0.255 e. The van der Waals surface area contributed by atoms with Gasteiger partial charge in [-0.2, -0.15) is 0 Å². The first-order valence-electron chi connectivity index (χ1n) is 8.13. The van der Waals surface area contributed by atoms with Crippen LogP contribution >= 0.6 is 12.4 Å². The summed E-state index contributed by atoms with van der Waals surface area (Å²) < 4.78 is 11.1. The first-order chi connectivity index (χ1) is 11.7. The molecule has 0 aliphatic rings. The van der Waals surface area contributed by atoms with Crippen molar-refractivity contribution in [1.29, 1.82) is 0 Å². The van der Waals surface area contributed by atoms with E-state index in [1.807, 2.05) is 45.2 Å². The number of hydrogen-bond acceptors (Lipinski definition) is 4. The molecule has 2 aromatic rings. The summed E-state index contributed by atoms with van der Waals surface area (Å²) in [5, 5.41) is 6.05. The molecule has 0 radical (unpaired) electrons. The number of halogens is 1. The summed E-state index contributed by atoms with van der Waals surface area (Å²) in [6, 6.07) is 12.9. The van der Waals surface area contributed by atoms with Gasteiger partial charge in [-0.05, 0) is 50.7 Å². The largest absolute Gasteiger partial charge is 0.490 e. The fraction of sp³-hybridized carbons (Fsp3) is 0.316. The van der Waals surface area contributed by atoms with Gasteiger partial charge in [0.25, 0.3) is 5.91 Å². The number of rotatable bonds is 8. The summed E-state index contributed by atoms with van der Waals surface area (Å²) >= 11 is 0. The Kier molecular flexibility index (Phi) is 8.81. The Morgan fingerprint density at radius 2 is 1.68 bits per heavy atom. The van der Waals surface area contributed by atoms with Crippen LogP contribution < -0.4 is 20.1 Å². The fourth-order valence-corrected chi connectivity index (χ4v) is 2.37. The second-order valence-corrected chi connectivity index (χ2v) is 5.17. The monoisotopic (exact) mass is 364 g/mol. The number of carbonyl (C=O) groups excluding carboxylic acids is 1. The molecule has 25 heavy (non-hydrogen) atoms. The normalized spacial score (nSPS) is 9.88. The van der Waals surface area contributed by atoms with Gasteiger partial charge in [0.15, 0.2) is 11.5 Å². The molecule has 0 aliphatic carbocycles. The van der Waals surface area contributed by atoms with Crippen molar-refractivity contribution in [2.75, 3.05) is 25.6 Å². The van der Waals surface area contributed by atoms with Crippen LogP contribution in [0.3, 0.4) is 0 Å². The predicted octanol–water partition coefficient (Wildman–Crippen LogP) is 3.88. The molecule has 0 saturated heterocycles. The zero-order valence-electron chi connectivity index (χ0n) is 14.8. The molecule has 0 atom stereocenters. The van der Waals surface area contributed by atoms with Gasteiger partial charge in [-0.3, -0.25) is 4.79 Å². The van der Waals surface area contributed by atoms with E-state index in [-0.39, 0.29) is 18.3 Å². The molecule has 0 unspecified atom stereocenters. The van der Waals surface area contributed by atoms with Crippen LogP contribution in [0.1, 0.15) is 29.8 Å². The second-order valence-electron chi connectivity index (χ2n) is 5.17. The maximum atomic E-state index is 12.6. The summed E-state index contributed by atoms with van der Waals surface area (Å²) in [6.07, 6.45) is 0. The number of ether oxygens (including phenoxy) is 2. The van der Waals surface area contributed by atoms with Crippen LogP contribution in [0.4, 0.5) is 5.69 Å². The number of amides is 1. The first-order valence-corrected chi connectivity index (χ1v) is 8.13. The van der Waals surface area contributed by atoms with E-state index in [4.69, 9.17) is 9.47 Å². The third-order valence-electron chi connectivity index (χ3n) is 3.44. The summed E-state index contributed by atoms with van der Waals surface area (Å²) in [4.78, 5) is 12.6. The van der Waals surface area contributed by atoms with E-state index in [2.05, 4.69) is 10.6 Å². The van der Waals surface area contributed by atoms with Gasteiger partial charge in [0.05, 0.1) is 13.2 Å². The van der Waals surface area contributed by atoms with Crippen molar-refractivity contribution in [3.63, 3.8) is 0 Å². The molecule has 0 heterocycles. The molecule has 0 saturated carbocycles. The SMILES string of the molecule is CCOc1ccc(C(=O)Nc2ccccc2CNC)cc1OCC.Cl. The fourth-order valence-electron chi connectivity index (χ4n) is 2.37. The highest BCUT2D eigenvalue weighted by molar-refractivity contribution is 6.05. The number of carbonyl (C=O) groups is 1. The van der Waals surface area contributed by atoms with Crippen molar-refractivity contribution in [2.45, 2.75) is 20.4 Å². The molecule has 6 heteroatoms. The highest BCUT2D eigenvalue weighted by Crippen LogP contribution is 2.29. The van der Waals surface area contributed by atoms with E-state index in [0.717, 1.165) is 11.3 Å². The number of benzene rings is 2. The van der Waals surface area contributed by atoms with E-state index in [9.17, 15) is 4.79 Å². The average molecular weight is 365 g/mol. The number of nitrogens with one attached hydrogen (secondary N) is 2. The Bertz CT molecular complexity index is 692. The van der Waals surface area contributed by atoms with Crippen LogP contribution in [-0.4, -0.2) is 26.2 Å². The Morgan fingerprint density at radius 3 is 2.36 bits per heavy atom. The van der Waals surface area contributed by atoms with Crippen LogP contribution in [0.2, 0.25) is 0 Å². The lowest BCUT2D eigenvalue weighted by atomic mass is 10.1. The molecular formula is C19H25ClN2O3. The quantitative estimate of drug-likeness (QED) is 0.746. The Hall–Kier alpha value is -2.24.